The van der Waals surface area contributed by atoms with Crippen molar-refractivity contribution < 1.29 is 71.1 Å². The van der Waals surface area contributed by atoms with Gasteiger partial charge in [0.2, 0.25) is 0 Å². The largest absolute Gasteiger partial charge is 0.615 e. The first-order valence-electron chi connectivity index (χ1n) is 18.7. The Bertz CT molecular complexity index is 1060. The average molecular weight is 1540 g/mol. The summed E-state index contributed by atoms with van der Waals surface area (Å²) in [7, 11) is 38.7. The minimum Gasteiger partial charge on any atom is -0.400 e. The molecular formula is C29H79Br2Cl9F12N10O4P2Si5. The SMILES string of the molecule is CN(C)P(N(C)C)N(C)C.CN(C)P(N(C)C)N(C)C.CN(C)[SiH](C)N(C)C.CN(C)[SiH](Cl)N(C)C.CO.CO[Si](OC)(OC)C(F)(F)F.Cl.Cl[Si](Cl)(Cl)Cl.FC(F)(F)Br.FC(F)(F)Br.FC(F)(F)[Si](Cl)(Cl)Cl. The summed E-state index contributed by atoms with van der Waals surface area (Å²) in [5, 5.41) is -4.10. The standard InChI is InChI=1S/2C6H18N3P.C5H16N2Si.C4H13ClN2Si.C4H9F3O3Si.2CBrF3.CCl3F3Si.CH4O.Cl4Si.ClH/c2*1-7(2)10(8(3)4)9(5)6;2*1-6(2)8(5)7(3)4;1-8-11(9-2,10-3)4(5,6)7;2*2-1(3,4)5;2-8(3,4)1(5,6)7;1-2;1-5(2,3)4;/h2*1-6H3;8H,1-5H3;8H,1-4H3;1-3H3;;;;2H,1H3;;1H. The van der Waals surface area contributed by atoms with Crippen LogP contribution in [-0.4, -0.2) is 280 Å². The summed E-state index contributed by atoms with van der Waals surface area (Å²) in [4.78, 5) is 0. The summed E-state index contributed by atoms with van der Waals surface area (Å²) in [5.74, 6) is -9.19. The van der Waals surface area contributed by atoms with E-state index in [4.69, 9.17) is 60.5 Å². The molecule has 0 saturated heterocycles. The van der Waals surface area contributed by atoms with Crippen molar-refractivity contribution >= 4 is 187 Å². The van der Waals surface area contributed by atoms with Gasteiger partial charge in [-0.1, -0.05) is 0 Å². The summed E-state index contributed by atoms with van der Waals surface area (Å²) in [6.07, 6.45) is 0. The van der Waals surface area contributed by atoms with E-state index in [2.05, 4.69) is 212 Å². The monoisotopic (exact) mass is 1530 g/mol. The van der Waals surface area contributed by atoms with Gasteiger partial charge in [0, 0.05) is 60.3 Å². The Morgan fingerprint density at radius 3 is 0.562 bits per heavy atom. The number of alkyl halides is 14. The quantitative estimate of drug-likeness (QED) is 0.0625. The van der Waals surface area contributed by atoms with Gasteiger partial charge in [-0.2, -0.15) is 52.7 Å². The average Bonchev–Trinajstić information content (AvgIpc) is 3.09. The lowest BCUT2D eigenvalue weighted by Gasteiger charge is -2.34. The van der Waals surface area contributed by atoms with E-state index in [9.17, 15) is 52.7 Å². The van der Waals surface area contributed by atoms with Gasteiger partial charge in [0.05, 0.1) is 0 Å². The van der Waals surface area contributed by atoms with E-state index in [0.717, 1.165) is 28.4 Å². The zero-order valence-corrected chi connectivity index (χ0v) is 62.6. The van der Waals surface area contributed by atoms with Crippen LogP contribution in [0.25, 0.3) is 0 Å². The fourth-order valence-corrected chi connectivity index (χ4v) is 11.0. The summed E-state index contributed by atoms with van der Waals surface area (Å²) in [5.41, 5.74) is 0. The highest BCUT2D eigenvalue weighted by Gasteiger charge is 2.65. The van der Waals surface area contributed by atoms with E-state index in [0.29, 0.717) is 0 Å². The molecule has 0 amide bonds. The normalized spacial score (nSPS) is 12.2. The molecule has 0 spiro atoms. The van der Waals surface area contributed by atoms with Crippen LogP contribution in [0.2, 0.25) is 6.55 Å². The second-order valence-corrected chi connectivity index (χ2v) is 51.7. The number of rotatable bonds is 13. The van der Waals surface area contributed by atoms with Gasteiger partial charge in [0.1, 0.15) is 16.7 Å². The van der Waals surface area contributed by atoms with Crippen LogP contribution in [0.1, 0.15) is 0 Å². The first kappa shape index (κ1) is 102. The third-order valence-corrected chi connectivity index (χ3v) is 22.2. The number of aliphatic hydroxyl groups is 1. The van der Waals surface area contributed by atoms with Gasteiger partial charge in [0.15, 0.2) is 9.12 Å². The highest BCUT2D eigenvalue weighted by atomic mass is 79.9. The van der Waals surface area contributed by atoms with Crippen LogP contribution >= 0.6 is 150 Å². The highest BCUT2D eigenvalue weighted by molar-refractivity contribution is 9.10. The van der Waals surface area contributed by atoms with Gasteiger partial charge in [0.25, 0.3) is 8.43 Å². The molecule has 0 aliphatic heterocycles. The van der Waals surface area contributed by atoms with Gasteiger partial charge < -0.3 is 36.6 Å². The Labute approximate surface area is 498 Å². The van der Waals surface area contributed by atoms with E-state index < -0.39 is 59.4 Å². The van der Waals surface area contributed by atoms with Crippen molar-refractivity contribution in [2.75, 3.05) is 169 Å². The molecule has 0 aliphatic carbocycles. The number of aliphatic hydroxyl groups excluding tert-OH is 1. The molecule has 14 nitrogen and oxygen atoms in total. The Morgan fingerprint density at radius 1 is 0.425 bits per heavy atom. The molecule has 0 bridgehead atoms. The number of hydrogen-bond acceptors (Lipinski definition) is 14. The fraction of sp³-hybridized carbons (Fsp3) is 1.00. The third-order valence-electron chi connectivity index (χ3n) is 5.97. The second kappa shape index (κ2) is 51.7. The second-order valence-electron chi connectivity index (χ2n) is 14.4. The summed E-state index contributed by atoms with van der Waals surface area (Å²) in [6, 6.07) is -4.44. The van der Waals surface area contributed by atoms with E-state index in [1.54, 1.807) is 0 Å². The molecule has 0 aromatic rings. The molecule has 460 valence electrons. The maximum Gasteiger partial charge on any atom is 0.615 e. The predicted molar refractivity (Wildman–Crippen MR) is 313 cm³/mol. The Hall–Kier alpha value is 4.11. The van der Waals surface area contributed by atoms with E-state index >= 15 is 0 Å². The van der Waals surface area contributed by atoms with Gasteiger partial charge in [-0.25, -0.2) is 0 Å². The topological polar surface area (TPSA) is 80.3 Å². The molecule has 0 aliphatic rings. The van der Waals surface area contributed by atoms with Crippen molar-refractivity contribution in [3.05, 3.63) is 0 Å². The molecule has 0 atom stereocenters. The van der Waals surface area contributed by atoms with Crippen LogP contribution in [0.5, 0.6) is 0 Å². The van der Waals surface area contributed by atoms with Crippen molar-refractivity contribution in [2.24, 2.45) is 0 Å². The van der Waals surface area contributed by atoms with E-state index in [-0.39, 0.29) is 29.2 Å². The molecule has 0 heterocycles. The van der Waals surface area contributed by atoms with Crippen LogP contribution < -0.4 is 0 Å². The summed E-state index contributed by atoms with van der Waals surface area (Å²) < 4.78 is 166. The molecule has 0 aromatic carbocycles. The Morgan fingerprint density at radius 2 is 0.562 bits per heavy atom. The van der Waals surface area contributed by atoms with Crippen molar-refractivity contribution in [3.63, 3.8) is 0 Å². The van der Waals surface area contributed by atoms with Crippen LogP contribution in [-0.2, 0) is 13.3 Å². The summed E-state index contributed by atoms with van der Waals surface area (Å²) in [6.45, 7) is 2.31. The van der Waals surface area contributed by atoms with Crippen LogP contribution in [0, 0.1) is 0 Å². The van der Waals surface area contributed by atoms with Gasteiger partial charge in [-0.15, -0.1) is 101 Å². The van der Waals surface area contributed by atoms with Gasteiger partial charge >= 0.3 is 41.9 Å². The van der Waals surface area contributed by atoms with Crippen molar-refractivity contribution in [1.82, 2.24) is 46.3 Å². The molecule has 0 rings (SSSR count). The highest BCUT2D eigenvalue weighted by Crippen LogP contribution is 2.42. The van der Waals surface area contributed by atoms with Gasteiger partial charge in [-0.3, -0.25) is 28.0 Å². The van der Waals surface area contributed by atoms with Gasteiger partial charge in [-0.05, 0) is 148 Å². The smallest absolute Gasteiger partial charge is 0.400 e. The molecule has 0 fully saturated rings. The van der Waals surface area contributed by atoms with Crippen molar-refractivity contribution in [3.8, 4) is 0 Å². The first-order valence-corrected chi connectivity index (χ1v) is 40.5. The molecule has 73 heavy (non-hydrogen) atoms. The molecular weight excluding hydrogens is 1460 g/mol. The molecule has 1 N–H and O–H groups in total. The first-order chi connectivity index (χ1) is 31.2. The predicted octanol–water partition coefficient (Wildman–Crippen LogP) is 11.7. The Balaban J connectivity index is -0.0000000662. The third kappa shape index (κ3) is 82.7. The Kier molecular flexibility index (Phi) is 72.4. The maximum absolute atomic E-state index is 12.1. The lowest BCUT2D eigenvalue weighted by atomic mass is 11.2. The zero-order chi connectivity index (χ0) is 61.7. The van der Waals surface area contributed by atoms with Crippen LogP contribution in [0.3, 0.4) is 0 Å². The van der Waals surface area contributed by atoms with E-state index in [1.807, 2.05) is 28.2 Å². The maximum atomic E-state index is 12.1. The molecule has 0 radical (unpaired) electrons. The molecule has 0 aromatic heterocycles. The lowest BCUT2D eigenvalue weighted by Crippen LogP contribution is -2.56. The summed E-state index contributed by atoms with van der Waals surface area (Å²) >= 11 is 42.2. The molecule has 44 heteroatoms. The molecule has 0 saturated carbocycles. The minimum atomic E-state index is -4.63. The van der Waals surface area contributed by atoms with Crippen LogP contribution in [0.4, 0.5) is 52.7 Å². The number of halogens is 23. The molecule has 0 unspecified atom stereocenters. The number of nitrogens with zero attached hydrogens (tertiary/aromatic N) is 10. The minimum absolute atomic E-state index is 0. The fourth-order valence-electron chi connectivity index (χ4n) is 3.67. The van der Waals surface area contributed by atoms with Crippen molar-refractivity contribution in [2.45, 2.75) is 28.3 Å². The van der Waals surface area contributed by atoms with Crippen LogP contribution in [0.15, 0.2) is 0 Å². The van der Waals surface area contributed by atoms with Crippen molar-refractivity contribution in [1.29, 1.82) is 0 Å². The van der Waals surface area contributed by atoms with E-state index in [1.165, 1.54) is 31.9 Å². The zero-order valence-electron chi connectivity index (χ0n) is 45.4. The lowest BCUT2D eigenvalue weighted by molar-refractivity contribution is -0.122. The number of hydrogen-bond donors (Lipinski definition) is 1.